The molecule has 0 fully saturated rings. The molecule has 2 nitrogen and oxygen atoms in total. The second kappa shape index (κ2) is 8.29. The highest BCUT2D eigenvalue weighted by atomic mass is 35.5. The van der Waals surface area contributed by atoms with Gasteiger partial charge in [-0.2, -0.15) is 0 Å². The topological polar surface area (TPSA) is 21.3 Å². The Hall–Kier alpha value is -1.62. The smallest absolute Gasteiger partial charge is 0.156 e. The van der Waals surface area contributed by atoms with Crippen LogP contribution < -0.4 is 10.1 Å². The van der Waals surface area contributed by atoms with Gasteiger partial charge in [0.2, 0.25) is 0 Å². The summed E-state index contributed by atoms with van der Waals surface area (Å²) < 4.78 is 21.8. The Labute approximate surface area is 145 Å². The lowest BCUT2D eigenvalue weighted by atomic mass is 10.0. The molecule has 0 aliphatic rings. The van der Waals surface area contributed by atoms with Gasteiger partial charge < -0.3 is 10.1 Å². The van der Waals surface area contributed by atoms with E-state index in [2.05, 4.69) is 5.32 Å². The van der Waals surface area contributed by atoms with E-state index in [9.17, 15) is 4.39 Å². The van der Waals surface area contributed by atoms with Gasteiger partial charge in [-0.15, -0.1) is 23.7 Å². The molecule has 0 bridgehead atoms. The highest BCUT2D eigenvalue weighted by Gasteiger charge is 2.25. The Morgan fingerprint density at radius 2 is 1.87 bits per heavy atom. The van der Waals surface area contributed by atoms with E-state index in [0.29, 0.717) is 0 Å². The molecule has 3 aromatic rings. The van der Waals surface area contributed by atoms with Gasteiger partial charge in [0, 0.05) is 16.6 Å². The van der Waals surface area contributed by atoms with Crippen LogP contribution in [0.3, 0.4) is 0 Å². The van der Waals surface area contributed by atoms with Gasteiger partial charge >= 0.3 is 0 Å². The predicted molar refractivity (Wildman–Crippen MR) is 97.7 cm³/mol. The fourth-order valence-corrected chi connectivity index (χ4v) is 3.30. The van der Waals surface area contributed by atoms with Crippen molar-refractivity contribution in [3.05, 3.63) is 65.5 Å². The highest BCUT2D eigenvalue weighted by molar-refractivity contribution is 7.17. The third-order valence-corrected chi connectivity index (χ3v) is 4.45. The molecular formula is C18H19ClFNOS. The summed E-state index contributed by atoms with van der Waals surface area (Å²) in [5, 5.41) is 5.94. The maximum absolute atomic E-state index is 14.6. The summed E-state index contributed by atoms with van der Waals surface area (Å²) >= 11 is 1.66. The zero-order valence-electron chi connectivity index (χ0n) is 12.7. The molecule has 0 radical (unpaired) electrons. The standard InChI is InChI=1S/C18H18FNOS.ClH/c1-20-12-15(19)18(13-6-3-2-4-7-13)21-16-8-5-9-17-14(16)10-11-22-17;/h2-11,15,18,20H,12H2,1H3;1H/t15-,18+;/m0./s1. The third-order valence-electron chi connectivity index (χ3n) is 3.57. The maximum atomic E-state index is 14.6. The SMILES string of the molecule is CNC[C@H](F)[C@H](Oc1cccc2sccc12)c1ccccc1.Cl. The number of hydrogen-bond donors (Lipinski definition) is 1. The molecule has 0 amide bonds. The quantitative estimate of drug-likeness (QED) is 0.674. The van der Waals surface area contributed by atoms with Crippen LogP contribution in [0, 0.1) is 0 Å². The predicted octanol–water partition coefficient (Wildman–Crippen LogP) is 5.00. The van der Waals surface area contributed by atoms with Crippen LogP contribution in [0.2, 0.25) is 0 Å². The van der Waals surface area contributed by atoms with Crippen molar-refractivity contribution < 1.29 is 9.13 Å². The minimum absolute atomic E-state index is 0. The van der Waals surface area contributed by atoms with Gasteiger partial charge in [0.05, 0.1) is 0 Å². The Morgan fingerprint density at radius 1 is 1.09 bits per heavy atom. The molecule has 5 heteroatoms. The molecule has 1 heterocycles. The first kappa shape index (κ1) is 17.7. The van der Waals surface area contributed by atoms with Crippen LogP contribution in [0.5, 0.6) is 5.75 Å². The van der Waals surface area contributed by atoms with E-state index in [1.165, 1.54) is 0 Å². The van der Waals surface area contributed by atoms with Crippen molar-refractivity contribution >= 4 is 33.8 Å². The molecule has 0 aliphatic heterocycles. The molecule has 0 saturated heterocycles. The summed E-state index contributed by atoms with van der Waals surface area (Å²) in [5.41, 5.74) is 0.845. The van der Waals surface area contributed by atoms with Crippen LogP contribution in [-0.4, -0.2) is 19.8 Å². The summed E-state index contributed by atoms with van der Waals surface area (Å²) in [7, 11) is 1.74. The van der Waals surface area contributed by atoms with E-state index in [1.54, 1.807) is 18.4 Å². The van der Waals surface area contributed by atoms with E-state index in [4.69, 9.17) is 4.74 Å². The monoisotopic (exact) mass is 351 g/mol. The van der Waals surface area contributed by atoms with Gasteiger partial charge in [0.1, 0.15) is 5.75 Å². The average Bonchev–Trinajstić information content (AvgIpc) is 3.03. The fraction of sp³-hybridized carbons (Fsp3) is 0.222. The van der Waals surface area contributed by atoms with Crippen LogP contribution in [0.1, 0.15) is 11.7 Å². The fourth-order valence-electron chi connectivity index (χ4n) is 2.50. The highest BCUT2D eigenvalue weighted by Crippen LogP contribution is 2.34. The van der Waals surface area contributed by atoms with E-state index in [1.807, 2.05) is 60.0 Å². The molecule has 1 aromatic heterocycles. The Morgan fingerprint density at radius 3 is 2.61 bits per heavy atom. The first-order chi connectivity index (χ1) is 10.8. The first-order valence-electron chi connectivity index (χ1n) is 7.26. The van der Waals surface area contributed by atoms with E-state index < -0.39 is 12.3 Å². The van der Waals surface area contributed by atoms with Crippen molar-refractivity contribution in [1.82, 2.24) is 5.32 Å². The van der Waals surface area contributed by atoms with Crippen molar-refractivity contribution in [3.8, 4) is 5.75 Å². The number of nitrogens with one attached hydrogen (secondary N) is 1. The Bertz CT molecular complexity index is 734. The van der Waals surface area contributed by atoms with Crippen molar-refractivity contribution in [2.75, 3.05) is 13.6 Å². The van der Waals surface area contributed by atoms with Crippen LogP contribution in [0.25, 0.3) is 10.1 Å². The molecule has 0 saturated carbocycles. The van der Waals surface area contributed by atoms with Crippen molar-refractivity contribution in [3.63, 3.8) is 0 Å². The second-order valence-corrected chi connectivity index (χ2v) is 6.06. The molecule has 1 N–H and O–H groups in total. The maximum Gasteiger partial charge on any atom is 0.156 e. The van der Waals surface area contributed by atoms with E-state index in [-0.39, 0.29) is 19.0 Å². The largest absolute Gasteiger partial charge is 0.482 e. The van der Waals surface area contributed by atoms with Gasteiger partial charge in [-0.1, -0.05) is 36.4 Å². The lowest BCUT2D eigenvalue weighted by Crippen LogP contribution is -2.29. The molecule has 122 valence electrons. The van der Waals surface area contributed by atoms with Crippen molar-refractivity contribution in [2.45, 2.75) is 12.3 Å². The summed E-state index contributed by atoms with van der Waals surface area (Å²) in [5.74, 6) is 0.728. The molecule has 3 rings (SSSR count). The van der Waals surface area contributed by atoms with Gasteiger partial charge in [0.15, 0.2) is 12.3 Å². The van der Waals surface area contributed by atoms with E-state index >= 15 is 0 Å². The zero-order valence-corrected chi connectivity index (χ0v) is 14.4. The van der Waals surface area contributed by atoms with E-state index in [0.717, 1.165) is 21.4 Å². The minimum atomic E-state index is -1.12. The number of rotatable bonds is 6. The summed E-state index contributed by atoms with van der Waals surface area (Å²) in [6, 6.07) is 17.4. The van der Waals surface area contributed by atoms with Crippen LogP contribution in [0.4, 0.5) is 4.39 Å². The molecule has 23 heavy (non-hydrogen) atoms. The van der Waals surface area contributed by atoms with Crippen molar-refractivity contribution in [1.29, 1.82) is 0 Å². The molecule has 2 aromatic carbocycles. The average molecular weight is 352 g/mol. The lowest BCUT2D eigenvalue weighted by Gasteiger charge is -2.23. The third kappa shape index (κ3) is 4.02. The molecule has 0 spiro atoms. The number of thiophene rings is 1. The number of halogens is 2. The molecule has 2 atom stereocenters. The second-order valence-electron chi connectivity index (χ2n) is 5.11. The minimum Gasteiger partial charge on any atom is -0.482 e. The normalized spacial score (nSPS) is 13.3. The zero-order chi connectivity index (χ0) is 15.4. The van der Waals surface area contributed by atoms with Crippen LogP contribution in [-0.2, 0) is 0 Å². The lowest BCUT2D eigenvalue weighted by molar-refractivity contribution is 0.102. The molecule has 0 aliphatic carbocycles. The van der Waals surface area contributed by atoms with Gasteiger partial charge in [-0.25, -0.2) is 4.39 Å². The molecular weight excluding hydrogens is 333 g/mol. The first-order valence-corrected chi connectivity index (χ1v) is 8.14. The summed E-state index contributed by atoms with van der Waals surface area (Å²) in [4.78, 5) is 0. The van der Waals surface area contributed by atoms with Gasteiger partial charge in [-0.3, -0.25) is 0 Å². The number of hydrogen-bond acceptors (Lipinski definition) is 3. The van der Waals surface area contributed by atoms with Gasteiger partial charge in [0.25, 0.3) is 0 Å². The van der Waals surface area contributed by atoms with Gasteiger partial charge in [-0.05, 0) is 36.2 Å². The Balaban J connectivity index is 0.00000192. The number of alkyl halides is 1. The Kier molecular flexibility index (Phi) is 6.39. The van der Waals surface area contributed by atoms with Crippen LogP contribution in [0.15, 0.2) is 60.0 Å². The molecule has 0 unspecified atom stereocenters. The van der Waals surface area contributed by atoms with Crippen LogP contribution >= 0.6 is 23.7 Å². The number of ether oxygens (including phenoxy) is 1. The number of benzene rings is 2. The van der Waals surface area contributed by atoms with Crippen molar-refractivity contribution in [2.24, 2.45) is 0 Å². The summed E-state index contributed by atoms with van der Waals surface area (Å²) in [6.45, 7) is 0.249. The summed E-state index contributed by atoms with van der Waals surface area (Å²) in [6.07, 6.45) is -1.75. The number of fused-ring (bicyclic) bond motifs is 1.